The summed E-state index contributed by atoms with van der Waals surface area (Å²) < 4.78 is 11.5. The number of oxazole rings is 1. The summed E-state index contributed by atoms with van der Waals surface area (Å²) >= 11 is 1.45. The van der Waals surface area contributed by atoms with E-state index in [4.69, 9.17) is 8.83 Å². The molecule has 4 rings (SSSR count). The summed E-state index contributed by atoms with van der Waals surface area (Å²) in [5.41, 5.74) is 4.01. The van der Waals surface area contributed by atoms with Crippen molar-refractivity contribution < 1.29 is 13.6 Å². The molecular formula is C24H24N2O3S. The van der Waals surface area contributed by atoms with Crippen LogP contribution < -0.4 is 5.32 Å². The lowest BCUT2D eigenvalue weighted by Gasteiger charge is -2.12. The van der Waals surface area contributed by atoms with E-state index in [2.05, 4.69) is 22.4 Å². The van der Waals surface area contributed by atoms with E-state index in [-0.39, 0.29) is 11.9 Å². The van der Waals surface area contributed by atoms with Gasteiger partial charge in [-0.1, -0.05) is 54.2 Å². The Hall–Kier alpha value is -2.99. The first-order valence-electron chi connectivity index (χ1n) is 10.0. The monoisotopic (exact) mass is 420 g/mol. The number of hydrogen-bond donors (Lipinski definition) is 1. The molecule has 0 saturated carbocycles. The predicted octanol–water partition coefficient (Wildman–Crippen LogP) is 5.77. The van der Waals surface area contributed by atoms with Crippen LogP contribution in [0.15, 0.2) is 74.7 Å². The number of thioether (sulfide) groups is 1. The van der Waals surface area contributed by atoms with E-state index < -0.39 is 0 Å². The van der Waals surface area contributed by atoms with Crippen LogP contribution in [0.4, 0.5) is 0 Å². The van der Waals surface area contributed by atoms with E-state index in [1.54, 1.807) is 6.07 Å². The Morgan fingerprint density at radius 2 is 1.90 bits per heavy atom. The first kappa shape index (κ1) is 20.3. The number of nitrogens with zero attached hydrogens (tertiary/aromatic N) is 1. The minimum absolute atomic E-state index is 0.0589. The number of fused-ring (bicyclic) bond motifs is 1. The molecule has 0 bridgehead atoms. The highest BCUT2D eigenvalue weighted by Crippen LogP contribution is 2.28. The van der Waals surface area contributed by atoms with Gasteiger partial charge in [-0.15, -0.1) is 0 Å². The van der Waals surface area contributed by atoms with Gasteiger partial charge in [0.1, 0.15) is 11.3 Å². The largest absolute Gasteiger partial charge is 0.455 e. The number of aryl methyl sites for hydroxylation is 2. The molecule has 0 spiro atoms. The third kappa shape index (κ3) is 4.94. The smallest absolute Gasteiger partial charge is 0.287 e. The third-order valence-electron chi connectivity index (χ3n) is 4.91. The fourth-order valence-corrected chi connectivity index (χ4v) is 3.96. The van der Waals surface area contributed by atoms with Gasteiger partial charge in [0.05, 0.1) is 5.75 Å². The van der Waals surface area contributed by atoms with E-state index in [0.717, 1.165) is 29.5 Å². The average molecular weight is 421 g/mol. The first-order valence-corrected chi connectivity index (χ1v) is 11.0. The van der Waals surface area contributed by atoms with Gasteiger partial charge in [0, 0.05) is 6.04 Å². The second-order valence-corrected chi connectivity index (χ2v) is 8.28. The SMILES string of the molecule is Cc1cccc2oc(SCc3ccc(C(=O)N[C@H](C)CCc4ccccc4)o3)nc12. The number of hydrogen-bond acceptors (Lipinski definition) is 5. The Morgan fingerprint density at radius 3 is 2.70 bits per heavy atom. The number of furan rings is 1. The second kappa shape index (κ2) is 9.22. The molecule has 0 radical (unpaired) electrons. The molecule has 1 atom stereocenters. The van der Waals surface area contributed by atoms with E-state index in [1.807, 2.05) is 56.3 Å². The normalized spacial score (nSPS) is 12.2. The molecule has 0 aliphatic heterocycles. The van der Waals surface area contributed by atoms with Crippen molar-refractivity contribution in [3.63, 3.8) is 0 Å². The Labute approximate surface area is 179 Å². The van der Waals surface area contributed by atoms with Crippen LogP contribution in [0.1, 0.15) is 40.8 Å². The number of benzene rings is 2. The zero-order valence-electron chi connectivity index (χ0n) is 17.1. The van der Waals surface area contributed by atoms with Crippen molar-refractivity contribution >= 4 is 28.8 Å². The van der Waals surface area contributed by atoms with Crippen LogP contribution in [0.2, 0.25) is 0 Å². The number of carbonyl (C=O) groups excluding carboxylic acids is 1. The minimum Gasteiger partial charge on any atom is -0.455 e. The number of carbonyl (C=O) groups is 1. The van der Waals surface area contributed by atoms with Crippen molar-refractivity contribution in [1.29, 1.82) is 0 Å². The van der Waals surface area contributed by atoms with Gasteiger partial charge < -0.3 is 14.2 Å². The van der Waals surface area contributed by atoms with Gasteiger partial charge in [-0.3, -0.25) is 4.79 Å². The first-order chi connectivity index (χ1) is 14.6. The molecule has 2 heterocycles. The fourth-order valence-electron chi connectivity index (χ4n) is 3.23. The highest BCUT2D eigenvalue weighted by Gasteiger charge is 2.15. The van der Waals surface area contributed by atoms with Crippen LogP contribution in [-0.4, -0.2) is 16.9 Å². The van der Waals surface area contributed by atoms with Gasteiger partial charge in [0.25, 0.3) is 11.1 Å². The van der Waals surface area contributed by atoms with Crippen molar-refractivity contribution in [2.24, 2.45) is 0 Å². The van der Waals surface area contributed by atoms with Crippen molar-refractivity contribution in [2.45, 2.75) is 43.7 Å². The van der Waals surface area contributed by atoms with Crippen LogP contribution >= 0.6 is 11.8 Å². The maximum atomic E-state index is 12.5. The third-order valence-corrected chi connectivity index (χ3v) is 5.76. The zero-order chi connectivity index (χ0) is 20.9. The summed E-state index contributed by atoms with van der Waals surface area (Å²) in [6, 6.07) is 19.7. The highest BCUT2D eigenvalue weighted by molar-refractivity contribution is 7.98. The maximum Gasteiger partial charge on any atom is 0.287 e. The van der Waals surface area contributed by atoms with Crippen LogP contribution in [0.5, 0.6) is 0 Å². The van der Waals surface area contributed by atoms with E-state index >= 15 is 0 Å². The van der Waals surface area contributed by atoms with Gasteiger partial charge in [-0.2, -0.15) is 0 Å². The van der Waals surface area contributed by atoms with Crippen LogP contribution in [0.3, 0.4) is 0 Å². The van der Waals surface area contributed by atoms with Crippen molar-refractivity contribution in [3.05, 3.63) is 83.3 Å². The Kier molecular flexibility index (Phi) is 6.23. The molecule has 0 aliphatic carbocycles. The number of aromatic nitrogens is 1. The summed E-state index contributed by atoms with van der Waals surface area (Å²) in [5.74, 6) is 1.39. The van der Waals surface area contributed by atoms with Crippen LogP contribution in [0.25, 0.3) is 11.1 Å². The minimum atomic E-state index is -0.190. The predicted molar refractivity (Wildman–Crippen MR) is 119 cm³/mol. The van der Waals surface area contributed by atoms with Crippen molar-refractivity contribution in [2.75, 3.05) is 0 Å². The van der Waals surface area contributed by atoms with Gasteiger partial charge in [0.2, 0.25) is 0 Å². The quantitative estimate of drug-likeness (QED) is 0.366. The molecule has 2 aromatic heterocycles. The van der Waals surface area contributed by atoms with Crippen LogP contribution in [0, 0.1) is 6.92 Å². The lowest BCUT2D eigenvalue weighted by atomic mass is 10.1. The van der Waals surface area contributed by atoms with E-state index in [0.29, 0.717) is 22.5 Å². The van der Waals surface area contributed by atoms with Crippen molar-refractivity contribution in [3.8, 4) is 0 Å². The summed E-state index contributed by atoms with van der Waals surface area (Å²) in [6.45, 7) is 4.02. The van der Waals surface area contributed by atoms with E-state index in [9.17, 15) is 4.79 Å². The maximum absolute atomic E-state index is 12.5. The summed E-state index contributed by atoms with van der Waals surface area (Å²) in [7, 11) is 0. The molecule has 0 unspecified atom stereocenters. The molecule has 0 aliphatic rings. The number of rotatable bonds is 8. The van der Waals surface area contributed by atoms with Gasteiger partial charge >= 0.3 is 0 Å². The fraction of sp³-hybridized carbons (Fsp3) is 0.250. The Balaban J connectivity index is 1.29. The molecule has 5 nitrogen and oxygen atoms in total. The summed E-state index contributed by atoms with van der Waals surface area (Å²) in [5, 5.41) is 3.60. The standard InChI is InChI=1S/C24H24N2O3S/c1-16-7-6-10-20-22(16)26-24(29-20)30-15-19-13-14-21(28-19)23(27)25-17(2)11-12-18-8-4-3-5-9-18/h3-10,13-14,17H,11-12,15H2,1-2H3,(H,25,27)/t17-/m1/s1. The molecule has 4 aromatic rings. The Bertz CT molecular complexity index is 1130. The average Bonchev–Trinajstić information content (AvgIpc) is 3.39. The molecule has 154 valence electrons. The van der Waals surface area contributed by atoms with Gasteiger partial charge in [-0.05, 0) is 56.0 Å². The van der Waals surface area contributed by atoms with E-state index in [1.165, 1.54) is 17.3 Å². The molecule has 1 amide bonds. The van der Waals surface area contributed by atoms with Gasteiger partial charge in [-0.25, -0.2) is 4.98 Å². The number of amides is 1. The lowest BCUT2D eigenvalue weighted by Crippen LogP contribution is -2.32. The molecule has 1 N–H and O–H groups in total. The zero-order valence-corrected chi connectivity index (χ0v) is 17.9. The van der Waals surface area contributed by atoms with Crippen molar-refractivity contribution in [1.82, 2.24) is 10.3 Å². The lowest BCUT2D eigenvalue weighted by molar-refractivity contribution is 0.0909. The highest BCUT2D eigenvalue weighted by atomic mass is 32.2. The number of para-hydroxylation sites is 1. The molecule has 6 heteroatoms. The molecule has 2 aromatic carbocycles. The molecule has 0 fully saturated rings. The molecule has 0 saturated heterocycles. The summed E-state index contributed by atoms with van der Waals surface area (Å²) in [6.07, 6.45) is 1.79. The number of nitrogens with one attached hydrogen (secondary N) is 1. The summed E-state index contributed by atoms with van der Waals surface area (Å²) in [4.78, 5) is 17.0. The topological polar surface area (TPSA) is 68.3 Å². The molecular weight excluding hydrogens is 396 g/mol. The molecule has 30 heavy (non-hydrogen) atoms. The van der Waals surface area contributed by atoms with Gasteiger partial charge in [0.15, 0.2) is 11.3 Å². The second-order valence-electron chi connectivity index (χ2n) is 7.35. The Morgan fingerprint density at radius 1 is 1.07 bits per heavy atom. The van der Waals surface area contributed by atoms with Crippen LogP contribution in [-0.2, 0) is 12.2 Å².